The Morgan fingerprint density at radius 2 is 1.57 bits per heavy atom. The summed E-state index contributed by atoms with van der Waals surface area (Å²) >= 11 is 1.49. The van der Waals surface area contributed by atoms with Crippen molar-refractivity contribution in [3.8, 4) is 0 Å². The summed E-state index contributed by atoms with van der Waals surface area (Å²) in [5, 5.41) is 2.55. The number of esters is 1. The molecule has 28 heavy (non-hydrogen) atoms. The molecule has 0 aliphatic carbocycles. The molecule has 5 heteroatoms. The molecule has 1 N–H and O–H groups in total. The van der Waals surface area contributed by atoms with Crippen LogP contribution in [0.1, 0.15) is 26.7 Å². The molecule has 0 bridgehead atoms. The van der Waals surface area contributed by atoms with Crippen LogP contribution >= 0.6 is 11.8 Å². The van der Waals surface area contributed by atoms with Crippen molar-refractivity contribution < 1.29 is 14.3 Å². The summed E-state index contributed by atoms with van der Waals surface area (Å²) in [4.78, 5) is 26.0. The van der Waals surface area contributed by atoms with Crippen molar-refractivity contribution in [1.29, 1.82) is 0 Å². The zero-order valence-corrected chi connectivity index (χ0v) is 16.5. The lowest BCUT2D eigenvalue weighted by Crippen LogP contribution is -2.20. The van der Waals surface area contributed by atoms with E-state index in [4.69, 9.17) is 4.74 Å². The number of thioether (sulfide) groups is 1. The number of amides is 1. The lowest BCUT2D eigenvalue weighted by atomic mass is 10.1. The minimum Gasteiger partial charge on any atom is -0.465 e. The Bertz CT molecular complexity index is 958. The number of benzene rings is 3. The van der Waals surface area contributed by atoms with Crippen LogP contribution in [-0.4, -0.2) is 19.0 Å². The Kier molecular flexibility index (Phi) is 6.50. The van der Waals surface area contributed by atoms with Gasteiger partial charge in [0.1, 0.15) is 5.25 Å². The first-order valence-corrected chi connectivity index (χ1v) is 9.73. The first-order valence-electron chi connectivity index (χ1n) is 8.85. The van der Waals surface area contributed by atoms with Gasteiger partial charge in [-0.3, -0.25) is 4.79 Å². The number of aryl methyl sites for hydroxylation is 1. The van der Waals surface area contributed by atoms with E-state index < -0.39 is 11.2 Å². The van der Waals surface area contributed by atoms with Gasteiger partial charge in [-0.2, -0.15) is 0 Å². The molecule has 1 amide bonds. The summed E-state index contributed by atoms with van der Waals surface area (Å²) in [6.45, 7) is 1.89. The van der Waals surface area contributed by atoms with Crippen LogP contribution in [0.25, 0.3) is 0 Å². The number of rotatable bonds is 6. The maximum Gasteiger partial charge on any atom is 0.337 e. The smallest absolute Gasteiger partial charge is 0.337 e. The highest BCUT2D eigenvalue weighted by molar-refractivity contribution is 8.00. The van der Waals surface area contributed by atoms with E-state index in [0.29, 0.717) is 11.3 Å². The third-order valence-electron chi connectivity index (χ3n) is 4.25. The van der Waals surface area contributed by atoms with Crippen LogP contribution in [-0.2, 0) is 9.53 Å². The molecule has 0 aliphatic heterocycles. The van der Waals surface area contributed by atoms with E-state index in [1.54, 1.807) is 18.2 Å². The van der Waals surface area contributed by atoms with Crippen molar-refractivity contribution in [2.75, 3.05) is 12.4 Å². The molecule has 0 fully saturated rings. The Balaban J connectivity index is 1.89. The molecule has 3 rings (SSSR count). The lowest BCUT2D eigenvalue weighted by Gasteiger charge is -2.18. The van der Waals surface area contributed by atoms with E-state index in [9.17, 15) is 9.59 Å². The monoisotopic (exact) mass is 391 g/mol. The zero-order valence-electron chi connectivity index (χ0n) is 15.7. The third kappa shape index (κ3) is 4.81. The summed E-state index contributed by atoms with van der Waals surface area (Å²) in [5.41, 5.74) is 2.78. The Morgan fingerprint density at radius 1 is 0.929 bits per heavy atom. The van der Waals surface area contributed by atoms with E-state index in [2.05, 4.69) is 5.32 Å². The van der Waals surface area contributed by atoms with Crippen molar-refractivity contribution >= 4 is 29.3 Å². The minimum atomic E-state index is -0.436. The van der Waals surface area contributed by atoms with Crippen molar-refractivity contribution in [3.05, 3.63) is 95.6 Å². The average molecular weight is 391 g/mol. The average Bonchev–Trinajstić information content (AvgIpc) is 2.74. The number of carbonyl (C=O) groups is 2. The molecule has 0 radical (unpaired) electrons. The van der Waals surface area contributed by atoms with Gasteiger partial charge in [0.05, 0.1) is 12.7 Å². The van der Waals surface area contributed by atoms with Gasteiger partial charge in [0.2, 0.25) is 5.91 Å². The van der Waals surface area contributed by atoms with Crippen LogP contribution in [0.15, 0.2) is 83.8 Å². The van der Waals surface area contributed by atoms with Crippen molar-refractivity contribution in [2.24, 2.45) is 0 Å². The van der Waals surface area contributed by atoms with Crippen molar-refractivity contribution in [2.45, 2.75) is 17.1 Å². The molecule has 0 aliphatic rings. The Morgan fingerprint density at radius 3 is 2.21 bits per heavy atom. The van der Waals surface area contributed by atoms with E-state index in [1.807, 2.05) is 67.6 Å². The first-order chi connectivity index (χ1) is 13.6. The van der Waals surface area contributed by atoms with E-state index >= 15 is 0 Å². The normalized spacial score (nSPS) is 11.5. The number of methoxy groups -OCH3 is 1. The van der Waals surface area contributed by atoms with Gasteiger partial charge in [-0.25, -0.2) is 4.79 Å². The highest BCUT2D eigenvalue weighted by Crippen LogP contribution is 2.36. The third-order valence-corrected chi connectivity index (χ3v) is 5.52. The second-order valence-electron chi connectivity index (χ2n) is 6.23. The topological polar surface area (TPSA) is 55.4 Å². The SMILES string of the molecule is COC(=O)c1ccc(C)c(NC(=O)[C@@H](Sc2ccccc2)c2ccccc2)c1. The molecule has 1 atom stereocenters. The number of anilines is 1. The Hall–Kier alpha value is -3.05. The van der Waals surface area contributed by atoms with Gasteiger partial charge in [-0.1, -0.05) is 54.6 Å². The minimum absolute atomic E-state index is 0.148. The summed E-state index contributed by atoms with van der Waals surface area (Å²) in [7, 11) is 1.34. The number of ether oxygens (including phenoxy) is 1. The largest absolute Gasteiger partial charge is 0.465 e. The highest BCUT2D eigenvalue weighted by Gasteiger charge is 2.23. The number of nitrogens with one attached hydrogen (secondary N) is 1. The molecule has 0 unspecified atom stereocenters. The fraction of sp³-hybridized carbons (Fsp3) is 0.130. The van der Waals surface area contributed by atoms with Crippen LogP contribution < -0.4 is 5.32 Å². The highest BCUT2D eigenvalue weighted by atomic mass is 32.2. The standard InChI is InChI=1S/C23H21NO3S/c1-16-13-14-18(23(26)27-2)15-20(16)24-22(25)21(17-9-5-3-6-10-17)28-19-11-7-4-8-12-19/h3-15,21H,1-2H3,(H,24,25)/t21-/m0/s1. The first kappa shape index (κ1) is 19.7. The fourth-order valence-electron chi connectivity index (χ4n) is 2.74. The second kappa shape index (κ2) is 9.24. The van der Waals surface area contributed by atoms with E-state index in [-0.39, 0.29) is 5.91 Å². The molecule has 0 heterocycles. The predicted octanol–water partition coefficient (Wildman–Crippen LogP) is 5.25. The summed E-state index contributed by atoms with van der Waals surface area (Å²) in [5.74, 6) is -0.584. The van der Waals surface area contributed by atoms with Crippen LogP contribution in [0, 0.1) is 6.92 Å². The zero-order chi connectivity index (χ0) is 19.9. The molecule has 142 valence electrons. The van der Waals surface area contributed by atoms with Gasteiger partial charge in [0.25, 0.3) is 0 Å². The predicted molar refractivity (Wildman–Crippen MR) is 113 cm³/mol. The quantitative estimate of drug-likeness (QED) is 0.460. The van der Waals surface area contributed by atoms with Crippen LogP contribution in [0.2, 0.25) is 0 Å². The molecular formula is C23H21NO3S. The van der Waals surface area contributed by atoms with Gasteiger partial charge >= 0.3 is 5.97 Å². The van der Waals surface area contributed by atoms with Gasteiger partial charge < -0.3 is 10.1 Å². The van der Waals surface area contributed by atoms with Crippen LogP contribution in [0.5, 0.6) is 0 Å². The fourth-order valence-corrected chi connectivity index (χ4v) is 3.78. The maximum atomic E-state index is 13.2. The summed E-state index contributed by atoms with van der Waals surface area (Å²) < 4.78 is 4.78. The van der Waals surface area contributed by atoms with Crippen molar-refractivity contribution in [1.82, 2.24) is 0 Å². The van der Waals surface area contributed by atoms with Gasteiger partial charge in [-0.15, -0.1) is 11.8 Å². The molecule has 3 aromatic rings. The molecule has 0 aromatic heterocycles. The molecule has 0 saturated carbocycles. The summed E-state index contributed by atoms with van der Waals surface area (Å²) in [6.07, 6.45) is 0. The van der Waals surface area contributed by atoms with Gasteiger partial charge in [-0.05, 0) is 42.3 Å². The number of hydrogen-bond acceptors (Lipinski definition) is 4. The molecule has 4 nitrogen and oxygen atoms in total. The number of hydrogen-bond donors (Lipinski definition) is 1. The molecule has 0 saturated heterocycles. The Labute approximate surface area is 168 Å². The molecule has 3 aromatic carbocycles. The molecule has 0 spiro atoms. The maximum absolute atomic E-state index is 13.2. The van der Waals surface area contributed by atoms with E-state index in [0.717, 1.165) is 16.0 Å². The van der Waals surface area contributed by atoms with Crippen LogP contribution in [0.4, 0.5) is 5.69 Å². The summed E-state index contributed by atoms with van der Waals surface area (Å²) in [6, 6.07) is 24.6. The molecular weight excluding hydrogens is 370 g/mol. The van der Waals surface area contributed by atoms with Crippen LogP contribution in [0.3, 0.4) is 0 Å². The lowest BCUT2D eigenvalue weighted by molar-refractivity contribution is -0.115. The van der Waals surface area contributed by atoms with Gasteiger partial charge in [0, 0.05) is 10.6 Å². The van der Waals surface area contributed by atoms with Gasteiger partial charge in [0.15, 0.2) is 0 Å². The van der Waals surface area contributed by atoms with E-state index in [1.165, 1.54) is 18.9 Å². The van der Waals surface area contributed by atoms with Crippen molar-refractivity contribution in [3.63, 3.8) is 0 Å². The second-order valence-corrected chi connectivity index (χ2v) is 7.41. The number of carbonyl (C=O) groups excluding carboxylic acids is 2.